The SMILES string of the molecule is FC(F)c1[nH]nc2c(Cl)c(Cl)ccc12. The van der Waals surface area contributed by atoms with E-state index in [-0.39, 0.29) is 16.2 Å². The fraction of sp³-hybridized carbons (Fsp3) is 0.125. The van der Waals surface area contributed by atoms with Crippen molar-refractivity contribution >= 4 is 34.1 Å². The molecule has 6 heteroatoms. The number of aromatic amines is 1. The molecule has 2 rings (SSSR count). The number of H-pyrrole nitrogens is 1. The van der Waals surface area contributed by atoms with Gasteiger partial charge in [-0.25, -0.2) is 8.78 Å². The highest BCUT2D eigenvalue weighted by Gasteiger charge is 2.17. The van der Waals surface area contributed by atoms with Gasteiger partial charge in [0.1, 0.15) is 11.2 Å². The van der Waals surface area contributed by atoms with E-state index in [9.17, 15) is 8.78 Å². The molecule has 0 aliphatic rings. The molecule has 0 aliphatic carbocycles. The van der Waals surface area contributed by atoms with Crippen LogP contribution in [0, 0.1) is 0 Å². The summed E-state index contributed by atoms with van der Waals surface area (Å²) in [6, 6.07) is 2.93. The van der Waals surface area contributed by atoms with Crippen molar-refractivity contribution in [2.75, 3.05) is 0 Å². The van der Waals surface area contributed by atoms with Crippen LogP contribution in [0.3, 0.4) is 0 Å². The Hall–Kier alpha value is -0.870. The van der Waals surface area contributed by atoms with Crippen molar-refractivity contribution < 1.29 is 8.78 Å². The Morgan fingerprint density at radius 1 is 1.29 bits per heavy atom. The smallest absolute Gasteiger partial charge is 0.275 e. The highest BCUT2D eigenvalue weighted by Crippen LogP contribution is 2.33. The fourth-order valence-corrected chi connectivity index (χ4v) is 1.57. The van der Waals surface area contributed by atoms with E-state index >= 15 is 0 Å². The molecule has 1 N–H and O–H groups in total. The highest BCUT2D eigenvalue weighted by atomic mass is 35.5. The number of benzene rings is 1. The molecule has 2 aromatic rings. The predicted octanol–water partition coefficient (Wildman–Crippen LogP) is 3.81. The van der Waals surface area contributed by atoms with E-state index in [0.29, 0.717) is 10.4 Å². The van der Waals surface area contributed by atoms with E-state index < -0.39 is 6.43 Å². The van der Waals surface area contributed by atoms with Crippen molar-refractivity contribution in [2.24, 2.45) is 0 Å². The number of hydrogen-bond donors (Lipinski definition) is 1. The van der Waals surface area contributed by atoms with Crippen molar-refractivity contribution in [3.05, 3.63) is 27.9 Å². The number of nitrogens with one attached hydrogen (secondary N) is 1. The van der Waals surface area contributed by atoms with E-state index in [4.69, 9.17) is 23.2 Å². The van der Waals surface area contributed by atoms with Crippen LogP contribution in [0.15, 0.2) is 12.1 Å². The molecule has 14 heavy (non-hydrogen) atoms. The van der Waals surface area contributed by atoms with Gasteiger partial charge in [-0.1, -0.05) is 23.2 Å². The van der Waals surface area contributed by atoms with Crippen molar-refractivity contribution in [1.29, 1.82) is 0 Å². The van der Waals surface area contributed by atoms with Gasteiger partial charge in [0.05, 0.1) is 10.0 Å². The van der Waals surface area contributed by atoms with Gasteiger partial charge < -0.3 is 0 Å². The van der Waals surface area contributed by atoms with Gasteiger partial charge in [0.2, 0.25) is 0 Å². The Balaban J connectivity index is 2.77. The Bertz CT molecular complexity index is 481. The van der Waals surface area contributed by atoms with Crippen LogP contribution in [0.2, 0.25) is 10.0 Å². The molecule has 1 heterocycles. The lowest BCUT2D eigenvalue weighted by molar-refractivity contribution is 0.147. The third kappa shape index (κ3) is 1.35. The van der Waals surface area contributed by atoms with Gasteiger partial charge in [-0.15, -0.1) is 0 Å². The second-order valence-electron chi connectivity index (χ2n) is 2.70. The van der Waals surface area contributed by atoms with Crippen LogP contribution in [0.1, 0.15) is 12.1 Å². The first-order chi connectivity index (χ1) is 6.61. The number of halogens is 4. The Labute approximate surface area is 87.8 Å². The van der Waals surface area contributed by atoms with E-state index in [2.05, 4.69) is 10.2 Å². The molecule has 0 saturated carbocycles. The van der Waals surface area contributed by atoms with Crippen molar-refractivity contribution in [3.63, 3.8) is 0 Å². The molecule has 0 bridgehead atoms. The summed E-state index contributed by atoms with van der Waals surface area (Å²) in [7, 11) is 0. The van der Waals surface area contributed by atoms with Gasteiger partial charge in [-0.05, 0) is 12.1 Å². The first kappa shape index (κ1) is 9.68. The van der Waals surface area contributed by atoms with Gasteiger partial charge in [0, 0.05) is 5.39 Å². The molecule has 0 spiro atoms. The summed E-state index contributed by atoms with van der Waals surface area (Å²) in [6.07, 6.45) is -2.60. The zero-order chi connectivity index (χ0) is 10.3. The van der Waals surface area contributed by atoms with Crippen LogP contribution < -0.4 is 0 Å². The molecule has 0 aliphatic heterocycles. The largest absolute Gasteiger partial charge is 0.280 e. The standard InChI is InChI=1S/C8H4Cl2F2N2/c9-4-2-1-3-6(5(4)10)13-14-7(3)8(11)12/h1-2,8H,(H,13,14). The second-order valence-corrected chi connectivity index (χ2v) is 3.48. The quantitative estimate of drug-likeness (QED) is 0.802. The van der Waals surface area contributed by atoms with Crippen LogP contribution in [0.4, 0.5) is 8.78 Å². The monoisotopic (exact) mass is 236 g/mol. The van der Waals surface area contributed by atoms with Crippen molar-refractivity contribution in [1.82, 2.24) is 10.2 Å². The van der Waals surface area contributed by atoms with E-state index in [1.54, 1.807) is 0 Å². The average molecular weight is 237 g/mol. The van der Waals surface area contributed by atoms with Crippen LogP contribution in [0.5, 0.6) is 0 Å². The number of hydrogen-bond acceptors (Lipinski definition) is 1. The molecule has 2 nitrogen and oxygen atoms in total. The maximum atomic E-state index is 12.4. The first-order valence-electron chi connectivity index (χ1n) is 3.71. The second kappa shape index (κ2) is 3.37. The summed E-state index contributed by atoms with van der Waals surface area (Å²) in [5.74, 6) is 0. The minimum absolute atomic E-state index is 0.187. The normalized spacial score (nSPS) is 11.5. The van der Waals surface area contributed by atoms with Gasteiger partial charge in [-0.2, -0.15) is 5.10 Å². The summed E-state index contributed by atoms with van der Waals surface area (Å²) in [6.45, 7) is 0. The lowest BCUT2D eigenvalue weighted by atomic mass is 10.2. The lowest BCUT2D eigenvalue weighted by Gasteiger charge is -1.97. The number of fused-ring (bicyclic) bond motifs is 1. The summed E-state index contributed by atoms with van der Waals surface area (Å²) >= 11 is 11.5. The molecule has 0 fully saturated rings. The van der Waals surface area contributed by atoms with Gasteiger partial charge in [0.15, 0.2) is 0 Å². The zero-order valence-electron chi connectivity index (χ0n) is 6.69. The van der Waals surface area contributed by atoms with Gasteiger partial charge >= 0.3 is 0 Å². The molecular weight excluding hydrogens is 233 g/mol. The predicted molar refractivity (Wildman–Crippen MR) is 51.1 cm³/mol. The first-order valence-corrected chi connectivity index (χ1v) is 4.47. The summed E-state index contributed by atoms with van der Waals surface area (Å²) in [4.78, 5) is 0. The molecule has 74 valence electrons. The van der Waals surface area contributed by atoms with E-state index in [1.807, 2.05) is 0 Å². The molecule has 0 amide bonds. The topological polar surface area (TPSA) is 28.7 Å². The highest BCUT2D eigenvalue weighted by molar-refractivity contribution is 6.45. The number of alkyl halides is 2. The molecule has 0 saturated heterocycles. The molecule has 0 radical (unpaired) electrons. The Morgan fingerprint density at radius 3 is 2.64 bits per heavy atom. The summed E-state index contributed by atoms with van der Waals surface area (Å²) < 4.78 is 24.8. The minimum atomic E-state index is -2.60. The lowest BCUT2D eigenvalue weighted by Crippen LogP contribution is -1.83. The maximum absolute atomic E-state index is 12.4. The zero-order valence-corrected chi connectivity index (χ0v) is 8.20. The van der Waals surface area contributed by atoms with Crippen molar-refractivity contribution in [2.45, 2.75) is 6.43 Å². The van der Waals surface area contributed by atoms with Crippen molar-refractivity contribution in [3.8, 4) is 0 Å². The number of rotatable bonds is 1. The number of aromatic nitrogens is 2. The van der Waals surface area contributed by atoms with E-state index in [0.717, 1.165) is 0 Å². The Kier molecular flexibility index (Phi) is 2.33. The Morgan fingerprint density at radius 2 is 2.00 bits per heavy atom. The van der Waals surface area contributed by atoms with Crippen LogP contribution in [-0.4, -0.2) is 10.2 Å². The van der Waals surface area contributed by atoms with Crippen LogP contribution >= 0.6 is 23.2 Å². The van der Waals surface area contributed by atoms with Crippen LogP contribution in [-0.2, 0) is 0 Å². The van der Waals surface area contributed by atoms with E-state index in [1.165, 1.54) is 12.1 Å². The van der Waals surface area contributed by atoms with Gasteiger partial charge in [-0.3, -0.25) is 5.10 Å². The molecule has 0 unspecified atom stereocenters. The molecule has 0 atom stereocenters. The summed E-state index contributed by atoms with van der Waals surface area (Å²) in [5, 5.41) is 6.70. The number of nitrogens with zero attached hydrogens (tertiary/aromatic N) is 1. The van der Waals surface area contributed by atoms with Gasteiger partial charge in [0.25, 0.3) is 6.43 Å². The maximum Gasteiger partial charge on any atom is 0.280 e. The third-order valence-corrected chi connectivity index (χ3v) is 2.66. The minimum Gasteiger partial charge on any atom is -0.275 e. The van der Waals surface area contributed by atoms with Crippen LogP contribution in [0.25, 0.3) is 10.9 Å². The molecular formula is C8H4Cl2F2N2. The fourth-order valence-electron chi connectivity index (χ4n) is 1.21. The third-order valence-electron chi connectivity index (χ3n) is 1.87. The molecule has 1 aromatic carbocycles. The molecule has 1 aromatic heterocycles. The average Bonchev–Trinajstić information content (AvgIpc) is 2.55. The summed E-state index contributed by atoms with van der Waals surface area (Å²) in [5.41, 5.74) is 0.0352.